The normalized spacial score (nSPS) is 10.4. The zero-order chi connectivity index (χ0) is 13.1. The summed E-state index contributed by atoms with van der Waals surface area (Å²) in [5.74, 6) is -0.371. The van der Waals surface area contributed by atoms with Gasteiger partial charge >= 0.3 is 0 Å². The number of para-hydroxylation sites is 1. The van der Waals surface area contributed by atoms with Gasteiger partial charge in [0.1, 0.15) is 5.82 Å². The Morgan fingerprint density at radius 3 is 2.56 bits per heavy atom. The molecule has 2 aromatic rings. The van der Waals surface area contributed by atoms with E-state index in [9.17, 15) is 4.39 Å². The Bertz CT molecular complexity index is 552. The van der Waals surface area contributed by atoms with Crippen molar-refractivity contribution in [2.75, 3.05) is 17.7 Å². The average molecular weight is 244 g/mol. The van der Waals surface area contributed by atoms with Crippen LogP contribution < -0.4 is 10.6 Å². The summed E-state index contributed by atoms with van der Waals surface area (Å²) in [5.41, 5.74) is 9.11. The van der Waals surface area contributed by atoms with Crippen molar-refractivity contribution in [2.24, 2.45) is 0 Å². The van der Waals surface area contributed by atoms with Crippen molar-refractivity contribution in [2.45, 2.75) is 13.5 Å². The number of anilines is 2. The van der Waals surface area contributed by atoms with Crippen LogP contribution in [0, 0.1) is 12.7 Å². The van der Waals surface area contributed by atoms with Crippen LogP contribution >= 0.6 is 0 Å². The van der Waals surface area contributed by atoms with Crippen molar-refractivity contribution in [1.29, 1.82) is 0 Å². The Morgan fingerprint density at radius 1 is 1.11 bits per heavy atom. The van der Waals surface area contributed by atoms with Gasteiger partial charge < -0.3 is 10.6 Å². The molecule has 2 N–H and O–H groups in total. The maximum Gasteiger partial charge on any atom is 0.148 e. The first-order valence-corrected chi connectivity index (χ1v) is 5.89. The van der Waals surface area contributed by atoms with Gasteiger partial charge in [0.15, 0.2) is 0 Å². The van der Waals surface area contributed by atoms with Crippen LogP contribution in [0.3, 0.4) is 0 Å². The second-order valence-corrected chi connectivity index (χ2v) is 4.46. The highest BCUT2D eigenvalue weighted by Crippen LogP contribution is 2.26. The Balaban J connectivity index is 2.25. The van der Waals surface area contributed by atoms with E-state index in [-0.39, 0.29) is 11.5 Å². The van der Waals surface area contributed by atoms with Crippen molar-refractivity contribution in [3.63, 3.8) is 0 Å². The molecule has 0 aromatic heterocycles. The third-order valence-corrected chi connectivity index (χ3v) is 3.11. The predicted octanol–water partition coefficient (Wildman–Crippen LogP) is 3.35. The first-order valence-electron chi connectivity index (χ1n) is 5.89. The number of nitrogens with two attached hydrogens (primary N) is 1. The van der Waals surface area contributed by atoms with Crippen LogP contribution in [-0.4, -0.2) is 7.05 Å². The van der Waals surface area contributed by atoms with Gasteiger partial charge in [0, 0.05) is 13.6 Å². The van der Waals surface area contributed by atoms with Gasteiger partial charge in [-0.15, -0.1) is 0 Å². The fourth-order valence-electron chi connectivity index (χ4n) is 1.99. The molecule has 0 fully saturated rings. The number of benzene rings is 2. The van der Waals surface area contributed by atoms with Crippen LogP contribution in [0.1, 0.15) is 11.1 Å². The third-order valence-electron chi connectivity index (χ3n) is 3.11. The van der Waals surface area contributed by atoms with E-state index in [1.54, 1.807) is 6.07 Å². The van der Waals surface area contributed by atoms with Gasteiger partial charge in [0.05, 0.1) is 11.4 Å². The lowest BCUT2D eigenvalue weighted by Crippen LogP contribution is -2.18. The molecule has 2 aromatic carbocycles. The van der Waals surface area contributed by atoms with E-state index in [4.69, 9.17) is 5.73 Å². The van der Waals surface area contributed by atoms with Crippen LogP contribution in [0.25, 0.3) is 0 Å². The number of hydrogen-bond acceptors (Lipinski definition) is 2. The molecule has 3 heteroatoms. The number of nitrogen functional groups attached to an aromatic ring is 1. The summed E-state index contributed by atoms with van der Waals surface area (Å²) in [4.78, 5) is 1.96. The molecule has 0 bridgehead atoms. The molecule has 94 valence electrons. The van der Waals surface area contributed by atoms with Crippen LogP contribution in [-0.2, 0) is 6.54 Å². The van der Waals surface area contributed by atoms with Crippen LogP contribution in [0.2, 0.25) is 0 Å². The van der Waals surface area contributed by atoms with Gasteiger partial charge in [-0.05, 0) is 30.2 Å². The SMILES string of the molecule is Cc1ccccc1CN(C)c1cccc(F)c1N. The fraction of sp³-hybridized carbons (Fsp3) is 0.200. The molecule has 0 heterocycles. The summed E-state index contributed by atoms with van der Waals surface area (Å²) in [5, 5.41) is 0. The highest BCUT2D eigenvalue weighted by Gasteiger charge is 2.09. The molecular weight excluding hydrogens is 227 g/mol. The molecule has 0 saturated carbocycles. The minimum atomic E-state index is -0.371. The fourth-order valence-corrected chi connectivity index (χ4v) is 1.99. The highest BCUT2D eigenvalue weighted by atomic mass is 19.1. The Hall–Kier alpha value is -2.03. The number of hydrogen-bond donors (Lipinski definition) is 1. The quantitative estimate of drug-likeness (QED) is 0.839. The minimum absolute atomic E-state index is 0.202. The summed E-state index contributed by atoms with van der Waals surface area (Å²) in [6.45, 7) is 2.78. The van der Waals surface area contributed by atoms with Crippen LogP contribution in [0.4, 0.5) is 15.8 Å². The van der Waals surface area contributed by atoms with E-state index in [0.29, 0.717) is 6.54 Å². The van der Waals surface area contributed by atoms with Crippen molar-refractivity contribution in [3.8, 4) is 0 Å². The monoisotopic (exact) mass is 244 g/mol. The Labute approximate surface area is 107 Å². The lowest BCUT2D eigenvalue weighted by Gasteiger charge is -2.22. The largest absolute Gasteiger partial charge is 0.395 e. The van der Waals surface area contributed by atoms with E-state index < -0.39 is 0 Å². The maximum absolute atomic E-state index is 13.4. The zero-order valence-corrected chi connectivity index (χ0v) is 10.7. The molecule has 0 saturated heterocycles. The molecule has 0 atom stereocenters. The average Bonchev–Trinajstić information content (AvgIpc) is 2.35. The lowest BCUT2D eigenvalue weighted by molar-refractivity contribution is 0.632. The van der Waals surface area contributed by atoms with Crippen molar-refractivity contribution < 1.29 is 4.39 Å². The van der Waals surface area contributed by atoms with E-state index in [0.717, 1.165) is 5.69 Å². The first-order chi connectivity index (χ1) is 8.59. The Morgan fingerprint density at radius 2 is 1.83 bits per heavy atom. The van der Waals surface area contributed by atoms with Gasteiger partial charge in [0.25, 0.3) is 0 Å². The maximum atomic E-state index is 13.4. The van der Waals surface area contributed by atoms with Crippen molar-refractivity contribution in [1.82, 2.24) is 0 Å². The highest BCUT2D eigenvalue weighted by molar-refractivity contribution is 5.67. The van der Waals surface area contributed by atoms with Gasteiger partial charge in [-0.3, -0.25) is 0 Å². The number of halogens is 1. The summed E-state index contributed by atoms with van der Waals surface area (Å²) in [7, 11) is 1.91. The summed E-state index contributed by atoms with van der Waals surface area (Å²) in [6.07, 6.45) is 0. The van der Waals surface area contributed by atoms with E-state index in [2.05, 4.69) is 19.1 Å². The second kappa shape index (κ2) is 5.08. The molecule has 0 radical (unpaired) electrons. The molecule has 2 rings (SSSR count). The second-order valence-electron chi connectivity index (χ2n) is 4.46. The lowest BCUT2D eigenvalue weighted by atomic mass is 10.1. The third kappa shape index (κ3) is 2.45. The molecular formula is C15H17FN2. The standard InChI is InChI=1S/C15H17FN2/c1-11-6-3-4-7-12(11)10-18(2)14-9-5-8-13(16)15(14)17/h3-9H,10,17H2,1-2H3. The van der Waals surface area contributed by atoms with Gasteiger partial charge in [0.2, 0.25) is 0 Å². The molecule has 0 aliphatic rings. The molecule has 0 amide bonds. The number of rotatable bonds is 3. The molecule has 18 heavy (non-hydrogen) atoms. The first kappa shape index (κ1) is 12.4. The summed E-state index contributed by atoms with van der Waals surface area (Å²) < 4.78 is 13.4. The van der Waals surface area contributed by atoms with Crippen molar-refractivity contribution >= 4 is 11.4 Å². The topological polar surface area (TPSA) is 29.3 Å². The van der Waals surface area contributed by atoms with E-state index >= 15 is 0 Å². The Kier molecular flexibility index (Phi) is 3.51. The summed E-state index contributed by atoms with van der Waals surface area (Å²) >= 11 is 0. The van der Waals surface area contributed by atoms with Crippen molar-refractivity contribution in [3.05, 3.63) is 59.4 Å². The number of nitrogens with zero attached hydrogens (tertiary/aromatic N) is 1. The summed E-state index contributed by atoms with van der Waals surface area (Å²) in [6, 6.07) is 13.0. The molecule has 0 aliphatic carbocycles. The van der Waals surface area contributed by atoms with Gasteiger partial charge in [-0.1, -0.05) is 30.3 Å². The van der Waals surface area contributed by atoms with Gasteiger partial charge in [-0.25, -0.2) is 4.39 Å². The molecule has 2 nitrogen and oxygen atoms in total. The van der Waals surface area contributed by atoms with E-state index in [1.807, 2.05) is 30.1 Å². The predicted molar refractivity (Wildman–Crippen MR) is 74.1 cm³/mol. The molecule has 0 unspecified atom stereocenters. The zero-order valence-electron chi connectivity index (χ0n) is 10.7. The van der Waals surface area contributed by atoms with Crippen LogP contribution in [0.15, 0.2) is 42.5 Å². The molecule has 0 spiro atoms. The smallest absolute Gasteiger partial charge is 0.148 e. The van der Waals surface area contributed by atoms with Gasteiger partial charge in [-0.2, -0.15) is 0 Å². The van der Waals surface area contributed by atoms with Crippen LogP contribution in [0.5, 0.6) is 0 Å². The minimum Gasteiger partial charge on any atom is -0.395 e. The van der Waals surface area contributed by atoms with E-state index in [1.165, 1.54) is 17.2 Å². The number of aryl methyl sites for hydroxylation is 1. The molecule has 0 aliphatic heterocycles.